The van der Waals surface area contributed by atoms with E-state index >= 15 is 0 Å². The van der Waals surface area contributed by atoms with E-state index in [4.69, 9.17) is 0 Å². The number of hydrogen-bond donors (Lipinski definition) is 0. The van der Waals surface area contributed by atoms with Gasteiger partial charge < -0.3 is 0 Å². The Bertz CT molecular complexity index is 70.1. The van der Waals surface area contributed by atoms with E-state index < -0.39 is 0 Å². The van der Waals surface area contributed by atoms with Gasteiger partial charge in [-0.15, -0.1) is 0 Å². The molecule has 0 bridgehead atoms. The minimum atomic E-state index is 0.439. The highest BCUT2D eigenvalue weighted by molar-refractivity contribution is 4.75. The van der Waals surface area contributed by atoms with Gasteiger partial charge in [-0.05, 0) is 24.7 Å². The third-order valence-electron chi connectivity index (χ3n) is 2.23. The van der Waals surface area contributed by atoms with Gasteiger partial charge in [0.1, 0.15) is 0 Å². The maximum Gasteiger partial charge on any atom is -0.0329 e. The Morgan fingerprint density at radius 3 is 2.00 bits per heavy atom. The molecule has 0 rings (SSSR count). The van der Waals surface area contributed by atoms with Gasteiger partial charge >= 0.3 is 0 Å². The quantitative estimate of drug-likeness (QED) is 0.545. The normalized spacial score (nSPS) is 12.7. The fraction of sp³-hybridized carbons (Fsp3) is 0.889. The van der Waals surface area contributed by atoms with Crippen molar-refractivity contribution in [3.8, 4) is 0 Å². The predicted molar refractivity (Wildman–Crippen MR) is 43.2 cm³/mol. The van der Waals surface area contributed by atoms with Gasteiger partial charge in [0.2, 0.25) is 0 Å². The first-order valence-corrected chi connectivity index (χ1v) is 3.83. The van der Waals surface area contributed by atoms with E-state index in [9.17, 15) is 0 Å². The molecule has 0 aromatic rings. The summed E-state index contributed by atoms with van der Waals surface area (Å²) in [5.41, 5.74) is 0.439. The van der Waals surface area contributed by atoms with Gasteiger partial charge in [-0.3, -0.25) is 0 Å². The molecule has 1 radical (unpaired) electrons. The molecule has 0 heterocycles. The Morgan fingerprint density at radius 1 is 1.44 bits per heavy atom. The van der Waals surface area contributed by atoms with Crippen LogP contribution in [0.2, 0.25) is 0 Å². The zero-order valence-corrected chi connectivity index (χ0v) is 7.20. The van der Waals surface area contributed by atoms with E-state index in [1.54, 1.807) is 0 Å². The molecule has 0 heteroatoms. The van der Waals surface area contributed by atoms with Crippen LogP contribution in [0.25, 0.3) is 0 Å². The number of rotatable bonds is 3. The zero-order chi connectivity index (χ0) is 7.49. The van der Waals surface area contributed by atoms with E-state index in [-0.39, 0.29) is 0 Å². The Balaban J connectivity index is 3.70. The standard InChI is InChI=1S/C9H19/c1-6-7-9(4,5)8(2)3/h8H,2,6-7H2,1,3-5H3. The fourth-order valence-corrected chi connectivity index (χ4v) is 0.891. The second kappa shape index (κ2) is 3.24. The van der Waals surface area contributed by atoms with Crippen molar-refractivity contribution in [3.63, 3.8) is 0 Å². The molecule has 0 saturated carbocycles. The molecule has 0 aliphatic rings. The lowest BCUT2D eigenvalue weighted by Gasteiger charge is -2.28. The van der Waals surface area contributed by atoms with Crippen molar-refractivity contribution >= 4 is 0 Å². The van der Waals surface area contributed by atoms with Crippen molar-refractivity contribution in [2.75, 3.05) is 0 Å². The van der Waals surface area contributed by atoms with Crippen LogP contribution in [0.1, 0.15) is 40.5 Å². The molecule has 0 saturated heterocycles. The van der Waals surface area contributed by atoms with Gasteiger partial charge in [0.05, 0.1) is 0 Å². The average molecular weight is 127 g/mol. The van der Waals surface area contributed by atoms with Crippen LogP contribution in [0, 0.1) is 18.3 Å². The van der Waals surface area contributed by atoms with Crippen molar-refractivity contribution in [2.45, 2.75) is 40.5 Å². The molecular weight excluding hydrogens is 108 g/mol. The Labute approximate surface area is 59.7 Å². The minimum absolute atomic E-state index is 0.439. The van der Waals surface area contributed by atoms with Crippen LogP contribution >= 0.6 is 0 Å². The SMILES string of the molecule is [CH2]C(C)C(C)(C)CCC. The van der Waals surface area contributed by atoms with Gasteiger partial charge in [-0.25, -0.2) is 0 Å². The molecule has 0 fully saturated rings. The lowest BCUT2D eigenvalue weighted by molar-refractivity contribution is 0.249. The van der Waals surface area contributed by atoms with Crippen LogP contribution in [0.4, 0.5) is 0 Å². The van der Waals surface area contributed by atoms with E-state index in [0.717, 1.165) is 0 Å². The molecule has 0 aliphatic carbocycles. The van der Waals surface area contributed by atoms with Crippen LogP contribution in [-0.4, -0.2) is 0 Å². The Hall–Kier alpha value is 0. The molecule has 9 heavy (non-hydrogen) atoms. The van der Waals surface area contributed by atoms with Crippen molar-refractivity contribution in [1.82, 2.24) is 0 Å². The second-order valence-electron chi connectivity index (χ2n) is 3.64. The fourth-order valence-electron chi connectivity index (χ4n) is 0.891. The van der Waals surface area contributed by atoms with Crippen LogP contribution in [-0.2, 0) is 0 Å². The summed E-state index contributed by atoms with van der Waals surface area (Å²) in [6, 6.07) is 0. The maximum absolute atomic E-state index is 4.03. The smallest absolute Gasteiger partial charge is 0.0329 e. The van der Waals surface area contributed by atoms with Crippen molar-refractivity contribution in [1.29, 1.82) is 0 Å². The lowest BCUT2D eigenvalue weighted by atomic mass is 9.78. The topological polar surface area (TPSA) is 0 Å². The largest absolute Gasteiger partial charge is 0.0654 e. The summed E-state index contributed by atoms with van der Waals surface area (Å²) >= 11 is 0. The van der Waals surface area contributed by atoms with Crippen LogP contribution < -0.4 is 0 Å². The van der Waals surface area contributed by atoms with Gasteiger partial charge in [-0.1, -0.05) is 34.1 Å². The molecule has 0 aliphatic heterocycles. The van der Waals surface area contributed by atoms with Gasteiger partial charge in [0.15, 0.2) is 0 Å². The third kappa shape index (κ3) is 2.88. The first-order chi connectivity index (χ1) is 4.00. The molecule has 0 amide bonds. The van der Waals surface area contributed by atoms with Gasteiger partial charge in [-0.2, -0.15) is 0 Å². The van der Waals surface area contributed by atoms with Gasteiger partial charge in [0, 0.05) is 0 Å². The minimum Gasteiger partial charge on any atom is -0.0654 e. The monoisotopic (exact) mass is 127 g/mol. The molecule has 0 nitrogen and oxygen atoms in total. The molecule has 1 atom stereocenters. The highest BCUT2D eigenvalue weighted by Crippen LogP contribution is 2.30. The molecule has 0 spiro atoms. The highest BCUT2D eigenvalue weighted by atomic mass is 14.3. The number of hydrogen-bond acceptors (Lipinski definition) is 0. The molecule has 0 aromatic carbocycles. The summed E-state index contributed by atoms with van der Waals surface area (Å²) in [4.78, 5) is 0. The Morgan fingerprint density at radius 2 is 1.89 bits per heavy atom. The summed E-state index contributed by atoms with van der Waals surface area (Å²) in [6.07, 6.45) is 2.56. The zero-order valence-electron chi connectivity index (χ0n) is 7.20. The van der Waals surface area contributed by atoms with Crippen molar-refractivity contribution < 1.29 is 0 Å². The third-order valence-corrected chi connectivity index (χ3v) is 2.23. The van der Waals surface area contributed by atoms with Crippen LogP contribution in [0.5, 0.6) is 0 Å². The second-order valence-corrected chi connectivity index (χ2v) is 3.64. The van der Waals surface area contributed by atoms with Crippen LogP contribution in [0.3, 0.4) is 0 Å². The maximum atomic E-state index is 4.03. The van der Waals surface area contributed by atoms with E-state index in [1.807, 2.05) is 0 Å². The lowest BCUT2D eigenvalue weighted by Crippen LogP contribution is -2.18. The first-order valence-electron chi connectivity index (χ1n) is 3.83. The summed E-state index contributed by atoms with van der Waals surface area (Å²) in [5, 5.41) is 0. The summed E-state index contributed by atoms with van der Waals surface area (Å²) in [5.74, 6) is 0.567. The molecule has 0 aromatic heterocycles. The summed E-state index contributed by atoms with van der Waals surface area (Å²) in [7, 11) is 0. The van der Waals surface area contributed by atoms with E-state index in [1.165, 1.54) is 12.8 Å². The highest BCUT2D eigenvalue weighted by Gasteiger charge is 2.20. The summed E-state index contributed by atoms with van der Waals surface area (Å²) < 4.78 is 0. The average Bonchev–Trinajstić information content (AvgIpc) is 1.65. The first kappa shape index (κ1) is 9.00. The van der Waals surface area contributed by atoms with Gasteiger partial charge in [0.25, 0.3) is 0 Å². The van der Waals surface area contributed by atoms with Crippen molar-refractivity contribution in [2.24, 2.45) is 11.3 Å². The van der Waals surface area contributed by atoms with Crippen LogP contribution in [0.15, 0.2) is 0 Å². The molecule has 55 valence electrons. The van der Waals surface area contributed by atoms with Crippen molar-refractivity contribution in [3.05, 3.63) is 6.92 Å². The molecular formula is C9H19. The van der Waals surface area contributed by atoms with E-state index in [0.29, 0.717) is 11.3 Å². The molecule has 1 unspecified atom stereocenters. The molecule has 0 N–H and O–H groups in total. The van der Waals surface area contributed by atoms with E-state index in [2.05, 4.69) is 34.6 Å². The Kier molecular flexibility index (Phi) is 3.24. The summed E-state index contributed by atoms with van der Waals surface area (Å²) in [6.45, 7) is 13.0. The predicted octanol–water partition coefficient (Wildman–Crippen LogP) is 3.28.